The Morgan fingerprint density at radius 1 is 1.18 bits per heavy atom. The van der Waals surface area contributed by atoms with Crippen molar-refractivity contribution in [2.45, 2.75) is 38.0 Å². The van der Waals surface area contributed by atoms with Crippen molar-refractivity contribution < 1.29 is 4.74 Å². The molecular weight excluding hydrogens is 210 g/mol. The van der Waals surface area contributed by atoms with Crippen molar-refractivity contribution in [3.63, 3.8) is 0 Å². The number of nitrogens with one attached hydrogen (secondary N) is 1. The number of benzene rings is 1. The van der Waals surface area contributed by atoms with Gasteiger partial charge in [-0.15, -0.1) is 0 Å². The molecule has 3 rings (SSSR count). The lowest BCUT2D eigenvalue weighted by atomic mass is 9.78. The largest absolute Gasteiger partial charge is 0.497 e. The van der Waals surface area contributed by atoms with E-state index in [0.29, 0.717) is 5.92 Å². The number of ether oxygens (including phenoxy) is 1. The first kappa shape index (κ1) is 10.9. The minimum absolute atomic E-state index is 0.709. The zero-order chi connectivity index (χ0) is 11.7. The van der Waals surface area contributed by atoms with Gasteiger partial charge in [-0.2, -0.15) is 0 Å². The van der Waals surface area contributed by atoms with Crippen LogP contribution < -0.4 is 10.1 Å². The Balaban J connectivity index is 1.85. The number of rotatable bonds is 2. The molecule has 1 atom stereocenters. The van der Waals surface area contributed by atoms with E-state index in [4.69, 9.17) is 4.74 Å². The molecule has 0 bridgehead atoms. The molecule has 1 aliphatic heterocycles. The zero-order valence-corrected chi connectivity index (χ0v) is 10.5. The quantitative estimate of drug-likeness (QED) is 0.836. The summed E-state index contributed by atoms with van der Waals surface area (Å²) in [5.41, 5.74) is 2.80. The van der Waals surface area contributed by atoms with Crippen molar-refractivity contribution in [3.05, 3.63) is 23.8 Å². The monoisotopic (exact) mass is 231 g/mol. The molecule has 92 valence electrons. The maximum atomic E-state index is 5.35. The summed E-state index contributed by atoms with van der Waals surface area (Å²) in [4.78, 5) is 0. The molecule has 0 spiro atoms. The van der Waals surface area contributed by atoms with E-state index in [9.17, 15) is 0 Å². The summed E-state index contributed by atoms with van der Waals surface area (Å²) in [7, 11) is 1.75. The van der Waals surface area contributed by atoms with Crippen LogP contribution in [-0.2, 0) is 0 Å². The molecule has 0 radical (unpaired) electrons. The minimum Gasteiger partial charge on any atom is -0.497 e. The van der Waals surface area contributed by atoms with Crippen LogP contribution in [0.25, 0.3) is 0 Å². The Morgan fingerprint density at radius 2 is 2.00 bits per heavy atom. The predicted octanol–water partition coefficient (Wildman–Crippen LogP) is 3.78. The lowest BCUT2D eigenvalue weighted by Gasteiger charge is -2.27. The highest BCUT2D eigenvalue weighted by Crippen LogP contribution is 2.43. The summed E-state index contributed by atoms with van der Waals surface area (Å²) in [5, 5.41) is 3.54. The third-order valence-electron chi connectivity index (χ3n) is 4.39. The molecule has 0 aromatic heterocycles. The van der Waals surface area contributed by atoms with Crippen LogP contribution in [0.15, 0.2) is 18.2 Å². The van der Waals surface area contributed by atoms with Gasteiger partial charge in [-0.1, -0.05) is 19.3 Å². The van der Waals surface area contributed by atoms with E-state index in [1.807, 2.05) is 0 Å². The van der Waals surface area contributed by atoms with E-state index in [1.165, 1.54) is 43.4 Å². The van der Waals surface area contributed by atoms with Gasteiger partial charge in [-0.3, -0.25) is 0 Å². The van der Waals surface area contributed by atoms with Gasteiger partial charge in [0.1, 0.15) is 5.75 Å². The average molecular weight is 231 g/mol. The van der Waals surface area contributed by atoms with Gasteiger partial charge in [0.05, 0.1) is 7.11 Å². The summed E-state index contributed by atoms with van der Waals surface area (Å²) >= 11 is 0. The molecule has 1 aliphatic carbocycles. The minimum atomic E-state index is 0.709. The summed E-state index contributed by atoms with van der Waals surface area (Å²) < 4.78 is 5.35. The molecule has 1 saturated carbocycles. The topological polar surface area (TPSA) is 21.3 Å². The van der Waals surface area contributed by atoms with Crippen LogP contribution in [-0.4, -0.2) is 13.7 Å². The molecule has 1 aromatic rings. The van der Waals surface area contributed by atoms with E-state index in [-0.39, 0.29) is 0 Å². The number of anilines is 1. The molecule has 0 amide bonds. The van der Waals surface area contributed by atoms with Gasteiger partial charge >= 0.3 is 0 Å². The second-order valence-electron chi connectivity index (χ2n) is 5.34. The second-order valence-corrected chi connectivity index (χ2v) is 5.34. The van der Waals surface area contributed by atoms with E-state index in [2.05, 4.69) is 23.5 Å². The Bertz CT molecular complexity index is 396. The molecule has 1 aromatic carbocycles. The van der Waals surface area contributed by atoms with Gasteiger partial charge in [-0.25, -0.2) is 0 Å². The molecule has 1 fully saturated rings. The van der Waals surface area contributed by atoms with Crippen LogP contribution in [0, 0.1) is 5.92 Å². The van der Waals surface area contributed by atoms with E-state index in [1.54, 1.807) is 7.11 Å². The van der Waals surface area contributed by atoms with Crippen LogP contribution >= 0.6 is 0 Å². The molecule has 2 heteroatoms. The van der Waals surface area contributed by atoms with Gasteiger partial charge < -0.3 is 10.1 Å². The lowest BCUT2D eigenvalue weighted by molar-refractivity contribution is 0.315. The third-order valence-corrected chi connectivity index (χ3v) is 4.39. The van der Waals surface area contributed by atoms with Crippen molar-refractivity contribution >= 4 is 5.69 Å². The first-order chi connectivity index (χ1) is 8.38. The van der Waals surface area contributed by atoms with Crippen molar-refractivity contribution in [2.75, 3.05) is 19.0 Å². The zero-order valence-electron chi connectivity index (χ0n) is 10.5. The number of hydrogen-bond acceptors (Lipinski definition) is 2. The number of hydrogen-bond donors (Lipinski definition) is 1. The highest BCUT2D eigenvalue weighted by molar-refractivity contribution is 5.60. The van der Waals surface area contributed by atoms with Gasteiger partial charge in [0.2, 0.25) is 0 Å². The molecule has 1 N–H and O–H groups in total. The maximum Gasteiger partial charge on any atom is 0.119 e. The highest BCUT2D eigenvalue weighted by atomic mass is 16.5. The van der Waals surface area contributed by atoms with Crippen molar-refractivity contribution in [2.24, 2.45) is 5.92 Å². The average Bonchev–Trinajstić information content (AvgIpc) is 2.82. The van der Waals surface area contributed by atoms with Crippen LogP contribution in [0.2, 0.25) is 0 Å². The van der Waals surface area contributed by atoms with Crippen molar-refractivity contribution in [1.29, 1.82) is 0 Å². The molecule has 1 heterocycles. The number of fused-ring (bicyclic) bond motifs is 1. The second kappa shape index (κ2) is 4.59. The van der Waals surface area contributed by atoms with E-state index >= 15 is 0 Å². The van der Waals surface area contributed by atoms with Crippen LogP contribution in [0.4, 0.5) is 5.69 Å². The van der Waals surface area contributed by atoms with Crippen LogP contribution in [0.3, 0.4) is 0 Å². The lowest BCUT2D eigenvalue weighted by Crippen LogP contribution is -2.17. The normalized spacial score (nSPS) is 24.2. The fourth-order valence-electron chi connectivity index (χ4n) is 3.42. The van der Waals surface area contributed by atoms with Crippen molar-refractivity contribution in [3.8, 4) is 5.75 Å². The van der Waals surface area contributed by atoms with Gasteiger partial charge in [-0.05, 0) is 42.5 Å². The van der Waals surface area contributed by atoms with Crippen LogP contribution in [0.1, 0.15) is 43.6 Å². The molecule has 1 unspecified atom stereocenters. The first-order valence-corrected chi connectivity index (χ1v) is 6.80. The summed E-state index contributed by atoms with van der Waals surface area (Å²) in [6.45, 7) is 1.12. The molecule has 0 saturated heterocycles. The Kier molecular flexibility index (Phi) is 2.96. The van der Waals surface area contributed by atoms with Gasteiger partial charge in [0, 0.05) is 18.2 Å². The fourth-order valence-corrected chi connectivity index (χ4v) is 3.42. The van der Waals surface area contributed by atoms with Crippen molar-refractivity contribution in [1.82, 2.24) is 0 Å². The summed E-state index contributed by atoms with van der Waals surface area (Å²) in [5.74, 6) is 2.58. The Morgan fingerprint density at radius 3 is 2.76 bits per heavy atom. The smallest absolute Gasteiger partial charge is 0.119 e. The standard InChI is InChI=1S/C15H21NO/c1-17-12-7-8-15-13(9-12)14(10-16-15)11-5-3-2-4-6-11/h7-9,11,14,16H,2-6,10H2,1H3. The maximum absolute atomic E-state index is 5.35. The molecule has 2 aliphatic rings. The first-order valence-electron chi connectivity index (χ1n) is 6.80. The molecule has 2 nitrogen and oxygen atoms in total. The third kappa shape index (κ3) is 2.01. The van der Waals surface area contributed by atoms with E-state index < -0.39 is 0 Å². The van der Waals surface area contributed by atoms with E-state index in [0.717, 1.165) is 18.2 Å². The summed E-state index contributed by atoms with van der Waals surface area (Å²) in [6, 6.07) is 6.45. The molecular formula is C15H21NO. The fraction of sp³-hybridized carbons (Fsp3) is 0.600. The Hall–Kier alpha value is -1.18. The Labute approximate surface area is 103 Å². The van der Waals surface area contributed by atoms with Gasteiger partial charge in [0.15, 0.2) is 0 Å². The molecule has 17 heavy (non-hydrogen) atoms. The van der Waals surface area contributed by atoms with Gasteiger partial charge in [0.25, 0.3) is 0 Å². The van der Waals surface area contributed by atoms with Crippen LogP contribution in [0.5, 0.6) is 5.75 Å². The SMILES string of the molecule is COc1ccc2c(c1)C(C1CCCCC1)CN2. The summed E-state index contributed by atoms with van der Waals surface area (Å²) in [6.07, 6.45) is 7.08. The predicted molar refractivity (Wildman–Crippen MR) is 70.8 cm³/mol. The highest BCUT2D eigenvalue weighted by Gasteiger charge is 2.30. The number of methoxy groups -OCH3 is 1.